The van der Waals surface area contributed by atoms with Gasteiger partial charge in [-0.1, -0.05) is 39.0 Å². The molecule has 60 heavy (non-hydrogen) atoms. The maximum absolute atomic E-state index is 13.3. The molecule has 3 unspecified atom stereocenters. The summed E-state index contributed by atoms with van der Waals surface area (Å²) >= 11 is 0. The first kappa shape index (κ1) is 48.4. The number of isocyanates is 2. The van der Waals surface area contributed by atoms with Crippen LogP contribution in [0.5, 0.6) is 5.75 Å². The summed E-state index contributed by atoms with van der Waals surface area (Å²) in [5.74, 6) is -5.16. The van der Waals surface area contributed by atoms with Crippen molar-refractivity contribution in [3.05, 3.63) is 70.4 Å². The number of aliphatic hydroxyl groups excluding tert-OH is 4. The molecule has 1 heterocycles. The van der Waals surface area contributed by atoms with Crippen LogP contribution in [0.1, 0.15) is 100 Å². The first-order valence-corrected chi connectivity index (χ1v) is 18.9. The van der Waals surface area contributed by atoms with Crippen molar-refractivity contribution in [2.75, 3.05) is 53.2 Å². The average Bonchev–Trinajstić information content (AvgIpc) is 3.47. The highest BCUT2D eigenvalue weighted by Gasteiger charge is 2.44. The van der Waals surface area contributed by atoms with E-state index in [0.717, 1.165) is 19.3 Å². The number of methoxy groups -OCH3 is 1. The number of aromatic hydroxyl groups is 1. The number of Topliss-reactive ketones (excluding diaryl/α,β-unsaturated/α-hetero) is 2. The molecule has 1 aromatic heterocycles. The van der Waals surface area contributed by atoms with Crippen LogP contribution in [0.15, 0.2) is 52.4 Å². The normalized spacial score (nSPS) is 18.9. The predicted molar refractivity (Wildman–Crippen MR) is 215 cm³/mol. The number of nitrogens with zero attached hydrogens (tertiary/aromatic N) is 3. The minimum Gasteiger partial charge on any atom is -0.505 e. The Hall–Kier alpha value is -6.00. The molecular formula is C42H51N5O13. The highest BCUT2D eigenvalue weighted by Crippen LogP contribution is 2.47. The molecule has 3 atom stereocenters. The van der Waals surface area contributed by atoms with Gasteiger partial charge in [0.05, 0.1) is 57.2 Å². The number of pyridine rings is 1. The maximum atomic E-state index is 13.3. The van der Waals surface area contributed by atoms with Gasteiger partial charge in [0.25, 0.3) is 11.8 Å². The van der Waals surface area contributed by atoms with E-state index in [1.54, 1.807) is 36.4 Å². The fourth-order valence-electron chi connectivity index (χ4n) is 7.48. The maximum Gasteiger partial charge on any atom is 0.316 e. The van der Waals surface area contributed by atoms with E-state index in [9.17, 15) is 38.7 Å². The Morgan fingerprint density at radius 1 is 0.900 bits per heavy atom. The molecule has 1 fully saturated rings. The largest absolute Gasteiger partial charge is 0.505 e. The van der Waals surface area contributed by atoms with Crippen molar-refractivity contribution < 1.29 is 63.8 Å². The molecule has 0 saturated heterocycles. The van der Waals surface area contributed by atoms with Gasteiger partial charge >= 0.3 is 5.97 Å². The number of carbonyl (C=O) groups is 5. The third-order valence-electron chi connectivity index (χ3n) is 10.1. The van der Waals surface area contributed by atoms with Gasteiger partial charge in [-0.2, -0.15) is 0 Å². The predicted octanol–water partition coefficient (Wildman–Crippen LogP) is 1.94. The van der Waals surface area contributed by atoms with Crippen molar-refractivity contribution in [3.63, 3.8) is 0 Å². The number of rotatable bonds is 13. The van der Waals surface area contributed by atoms with Crippen LogP contribution in [0.3, 0.4) is 0 Å². The zero-order valence-electron chi connectivity index (χ0n) is 34.1. The summed E-state index contributed by atoms with van der Waals surface area (Å²) in [5, 5.41) is 51.4. The Labute approximate surface area is 345 Å². The molecule has 3 aromatic rings. The lowest BCUT2D eigenvalue weighted by Gasteiger charge is -2.44. The van der Waals surface area contributed by atoms with Gasteiger partial charge in [0, 0.05) is 35.2 Å². The number of aromatic nitrogens is 1. The van der Waals surface area contributed by atoms with Gasteiger partial charge < -0.3 is 40.9 Å². The van der Waals surface area contributed by atoms with E-state index < -0.39 is 59.6 Å². The molecule has 2 amide bonds. The summed E-state index contributed by atoms with van der Waals surface area (Å²) in [7, 11) is 1.21. The van der Waals surface area contributed by atoms with Gasteiger partial charge in [0.2, 0.25) is 12.2 Å². The number of hydrogen-bond acceptors (Lipinski definition) is 16. The summed E-state index contributed by atoms with van der Waals surface area (Å²) in [5.41, 5.74) is -1.00. The molecule has 2 aliphatic carbocycles. The molecule has 0 bridgehead atoms. The number of ether oxygens (including phenoxy) is 1. The molecule has 18 heteroatoms. The van der Waals surface area contributed by atoms with E-state index in [4.69, 9.17) is 20.4 Å². The van der Waals surface area contributed by atoms with Gasteiger partial charge in [-0.3, -0.25) is 24.0 Å². The van der Waals surface area contributed by atoms with Crippen LogP contribution in [0.2, 0.25) is 0 Å². The second kappa shape index (κ2) is 21.3. The third-order valence-corrected chi connectivity index (χ3v) is 10.1. The monoisotopic (exact) mass is 833 g/mol. The standard InChI is InChI=1S/C24H21N3O7.C12H18N2O2.C6H12O4/c28-9-7-25-23(33)12-5-6-13-15(11-12)21(31)18(20(13)30)19-22(32)17(24(34)26-8-10-29)14-3-1-2-4-16(14)27-19;1-11(2)4-10(14-9-16)5-12(3,6-11)7-13-8-15;1-6(3-7,4-8)5(9)10-2/h1-6,11,18,28-29,32H,7-10H2,(H,25,33)(H,26,34);10H,4-7H2,1-3H3;7-8H,3-4H2,1-2H3. The molecule has 1 saturated carbocycles. The Bertz CT molecular complexity index is 2170. The molecular weight excluding hydrogens is 782 g/mol. The number of para-hydroxylation sites is 1. The number of aliphatic hydroxyl groups is 4. The fourth-order valence-corrected chi connectivity index (χ4v) is 7.48. The molecule has 2 aliphatic rings. The molecule has 5 rings (SSSR count). The molecule has 0 radical (unpaired) electrons. The Morgan fingerprint density at radius 3 is 2.08 bits per heavy atom. The Balaban J connectivity index is 0.000000305. The van der Waals surface area contributed by atoms with Crippen molar-refractivity contribution in [1.29, 1.82) is 0 Å². The minimum absolute atomic E-state index is 0.00675. The Morgan fingerprint density at radius 2 is 1.52 bits per heavy atom. The number of carbonyl (C=O) groups excluding carboxylic acids is 7. The highest BCUT2D eigenvalue weighted by molar-refractivity contribution is 6.30. The third kappa shape index (κ3) is 11.6. The summed E-state index contributed by atoms with van der Waals surface area (Å²) < 4.78 is 4.34. The number of fused-ring (bicyclic) bond motifs is 2. The van der Waals surface area contributed by atoms with Crippen LogP contribution < -0.4 is 10.6 Å². The lowest BCUT2D eigenvalue weighted by atomic mass is 9.63. The SMILES string of the molecule is CC1(C)CC(N=C=O)CC(C)(CN=C=O)C1.COC(=O)C(C)(CO)CO.O=C(NCCO)c1ccc2c(c1)C(=O)C(c1nc3ccccc3c(C(=O)NCCO)c1O)C2=O. The fraction of sp³-hybridized carbons (Fsp3) is 0.476. The van der Waals surface area contributed by atoms with Crippen molar-refractivity contribution in [1.82, 2.24) is 15.6 Å². The van der Waals surface area contributed by atoms with E-state index in [2.05, 4.69) is 51.1 Å². The molecule has 2 aromatic carbocycles. The average molecular weight is 834 g/mol. The van der Waals surface area contributed by atoms with Crippen LogP contribution in [-0.2, 0) is 19.1 Å². The van der Waals surface area contributed by atoms with Crippen LogP contribution in [0.4, 0.5) is 0 Å². The quantitative estimate of drug-likeness (QED) is 0.0561. The van der Waals surface area contributed by atoms with Crippen LogP contribution in [-0.4, -0.2) is 131 Å². The first-order chi connectivity index (χ1) is 28.4. The zero-order valence-corrected chi connectivity index (χ0v) is 34.1. The van der Waals surface area contributed by atoms with Gasteiger partial charge in [-0.05, 0) is 61.3 Å². The molecule has 0 spiro atoms. The van der Waals surface area contributed by atoms with Crippen molar-refractivity contribution in [3.8, 4) is 5.75 Å². The topological polar surface area (TPSA) is 292 Å². The molecule has 322 valence electrons. The van der Waals surface area contributed by atoms with Crippen molar-refractivity contribution in [2.45, 2.75) is 58.9 Å². The highest BCUT2D eigenvalue weighted by atomic mass is 16.5. The van der Waals surface area contributed by atoms with Gasteiger partial charge in [-0.25, -0.2) is 24.6 Å². The number of aliphatic imine (C=N–C) groups is 2. The first-order valence-electron chi connectivity index (χ1n) is 18.9. The zero-order chi connectivity index (χ0) is 44.8. The van der Waals surface area contributed by atoms with Crippen LogP contribution >= 0.6 is 0 Å². The number of hydrogen-bond donors (Lipinski definition) is 7. The van der Waals surface area contributed by atoms with E-state index in [0.29, 0.717) is 17.4 Å². The van der Waals surface area contributed by atoms with Crippen LogP contribution in [0.25, 0.3) is 10.9 Å². The Kier molecular flexibility index (Phi) is 17.2. The summed E-state index contributed by atoms with van der Waals surface area (Å²) in [6, 6.07) is 10.5. The second-order valence-corrected chi connectivity index (χ2v) is 15.8. The van der Waals surface area contributed by atoms with E-state index in [-0.39, 0.29) is 71.1 Å². The number of amides is 2. The smallest absolute Gasteiger partial charge is 0.316 e. The number of benzene rings is 2. The van der Waals surface area contributed by atoms with Gasteiger partial charge in [0.1, 0.15) is 17.0 Å². The van der Waals surface area contributed by atoms with E-state index in [1.165, 1.54) is 32.2 Å². The molecule has 18 nitrogen and oxygen atoms in total. The number of ketones is 2. The van der Waals surface area contributed by atoms with E-state index >= 15 is 0 Å². The summed E-state index contributed by atoms with van der Waals surface area (Å²) in [6.45, 7) is 6.88. The minimum atomic E-state index is -1.49. The lowest BCUT2D eigenvalue weighted by molar-refractivity contribution is -0.156. The van der Waals surface area contributed by atoms with Crippen molar-refractivity contribution in [2.24, 2.45) is 26.2 Å². The van der Waals surface area contributed by atoms with Gasteiger partial charge in [-0.15, -0.1) is 0 Å². The second-order valence-electron chi connectivity index (χ2n) is 15.8. The van der Waals surface area contributed by atoms with Crippen LogP contribution in [0, 0.1) is 16.2 Å². The number of esters is 1. The number of nitrogens with one attached hydrogen (secondary N) is 2. The lowest BCUT2D eigenvalue weighted by Crippen LogP contribution is -2.39. The summed E-state index contributed by atoms with van der Waals surface area (Å²) in [4.78, 5) is 94.5. The van der Waals surface area contributed by atoms with Crippen molar-refractivity contribution >= 4 is 52.4 Å². The van der Waals surface area contributed by atoms with Gasteiger partial charge in [0.15, 0.2) is 17.3 Å². The van der Waals surface area contributed by atoms with E-state index in [1.807, 2.05) is 0 Å². The molecule has 0 aliphatic heterocycles. The summed E-state index contributed by atoms with van der Waals surface area (Å²) in [6.07, 6.45) is 5.88. The molecule has 7 N–H and O–H groups in total.